The monoisotopic (exact) mass is 424 g/mol. The number of hydrogen-bond donors (Lipinski definition) is 0. The summed E-state index contributed by atoms with van der Waals surface area (Å²) in [5, 5.41) is 0. The topological polar surface area (TPSA) is 34.1 Å². The maximum Gasteiger partial charge on any atom is 0.190 e. The predicted molar refractivity (Wildman–Crippen MR) is 133 cm³/mol. The van der Waals surface area contributed by atoms with Crippen molar-refractivity contribution in [2.75, 3.05) is 0 Å². The van der Waals surface area contributed by atoms with Gasteiger partial charge in [-0.05, 0) is 58.1 Å². The average molecular weight is 425 g/mol. The zero-order chi connectivity index (χ0) is 23.3. The van der Waals surface area contributed by atoms with Crippen LogP contribution in [0, 0.1) is 10.8 Å². The molecule has 0 fully saturated rings. The molecule has 2 nitrogen and oxygen atoms in total. The van der Waals surface area contributed by atoms with Gasteiger partial charge in [0.1, 0.15) is 0 Å². The summed E-state index contributed by atoms with van der Waals surface area (Å²) in [6.45, 7) is 12.8. The van der Waals surface area contributed by atoms with E-state index in [0.29, 0.717) is 0 Å². The molecule has 0 aliphatic heterocycles. The number of carbonyl (C=O) groups is 2. The molecular weight excluding hydrogens is 392 g/mol. The van der Waals surface area contributed by atoms with E-state index in [-0.39, 0.29) is 22.4 Å². The smallest absolute Gasteiger partial charge is 0.190 e. The molecule has 2 aromatic rings. The molecule has 164 valence electrons. The molecule has 0 radical (unpaired) electrons. The average Bonchev–Trinajstić information content (AvgIpc) is 2.80. The molecule has 0 bridgehead atoms. The molecule has 2 heteroatoms. The van der Waals surface area contributed by atoms with Gasteiger partial charge in [-0.3, -0.25) is 9.59 Å². The minimum atomic E-state index is -0.240. The molecule has 0 amide bonds. The zero-order valence-electron chi connectivity index (χ0n) is 20.0. The molecule has 0 saturated carbocycles. The van der Waals surface area contributed by atoms with E-state index in [0.717, 1.165) is 57.4 Å². The molecule has 2 aliphatic carbocycles. The fourth-order valence-corrected chi connectivity index (χ4v) is 4.53. The molecule has 0 N–H and O–H groups in total. The van der Waals surface area contributed by atoms with Crippen LogP contribution in [0.2, 0.25) is 0 Å². The van der Waals surface area contributed by atoms with Crippen molar-refractivity contribution in [2.45, 2.75) is 54.4 Å². The summed E-state index contributed by atoms with van der Waals surface area (Å²) in [5.74, 6) is 0.213. The Balaban J connectivity index is 2.12. The summed E-state index contributed by atoms with van der Waals surface area (Å²) in [6, 6.07) is 15.7. The highest BCUT2D eigenvalue weighted by Crippen LogP contribution is 2.46. The van der Waals surface area contributed by atoms with Gasteiger partial charge in [0.2, 0.25) is 0 Å². The Kier molecular flexibility index (Phi) is 5.45. The Hall–Kier alpha value is -3.00. The Morgan fingerprint density at radius 2 is 0.875 bits per heavy atom. The molecule has 0 heterocycles. The first kappa shape index (κ1) is 22.2. The number of allylic oxidation sites excluding steroid dienone is 6. The van der Waals surface area contributed by atoms with Crippen LogP contribution in [0.3, 0.4) is 0 Å². The molecule has 32 heavy (non-hydrogen) atoms. The van der Waals surface area contributed by atoms with Crippen molar-refractivity contribution in [1.82, 2.24) is 0 Å². The van der Waals surface area contributed by atoms with Gasteiger partial charge >= 0.3 is 0 Å². The fraction of sp³-hybridized carbons (Fsp3) is 0.333. The van der Waals surface area contributed by atoms with Gasteiger partial charge in [0.25, 0.3) is 0 Å². The molecule has 4 rings (SSSR count). The van der Waals surface area contributed by atoms with E-state index >= 15 is 0 Å². The lowest BCUT2D eigenvalue weighted by Crippen LogP contribution is -2.26. The summed E-state index contributed by atoms with van der Waals surface area (Å²) in [4.78, 5) is 26.9. The quantitative estimate of drug-likeness (QED) is 0.503. The van der Waals surface area contributed by atoms with Gasteiger partial charge in [0.15, 0.2) is 11.6 Å². The SMILES string of the molecule is CCC(C)(C)C1=C/C(=C2\C=C(C(C)(C)CC)C(=O)c3ccccc32)c2ccccc2C1=O. The molecule has 0 spiro atoms. The number of ketones is 2. The van der Waals surface area contributed by atoms with Crippen LogP contribution in [0.15, 0.2) is 71.8 Å². The van der Waals surface area contributed by atoms with Gasteiger partial charge in [-0.2, -0.15) is 0 Å². The van der Waals surface area contributed by atoms with Crippen molar-refractivity contribution in [3.63, 3.8) is 0 Å². The third-order valence-electron chi connectivity index (χ3n) is 7.51. The number of rotatable bonds is 4. The lowest BCUT2D eigenvalue weighted by Gasteiger charge is -2.33. The third-order valence-corrected chi connectivity index (χ3v) is 7.51. The first-order valence-electron chi connectivity index (χ1n) is 11.6. The van der Waals surface area contributed by atoms with Crippen LogP contribution < -0.4 is 0 Å². The Morgan fingerprint density at radius 3 is 1.19 bits per heavy atom. The van der Waals surface area contributed by atoms with Gasteiger partial charge in [-0.25, -0.2) is 0 Å². The minimum absolute atomic E-state index is 0.107. The highest BCUT2D eigenvalue weighted by Gasteiger charge is 2.36. The molecule has 0 saturated heterocycles. The van der Waals surface area contributed by atoms with Gasteiger partial charge in [0.05, 0.1) is 0 Å². The van der Waals surface area contributed by atoms with E-state index in [1.807, 2.05) is 48.5 Å². The standard InChI is InChI=1S/C30H32O2/c1-7-29(3,4)25-17-23(19-13-9-11-15-21(19)27(25)31)24-18-26(30(5,6)8-2)28(32)22-16-12-10-14-20(22)24/h9-18H,7-8H2,1-6H3/b24-23-. The lowest BCUT2D eigenvalue weighted by atomic mass is 9.69. The van der Waals surface area contributed by atoms with E-state index in [2.05, 4.69) is 53.7 Å². The second-order valence-electron chi connectivity index (χ2n) is 10.2. The van der Waals surface area contributed by atoms with Crippen LogP contribution in [-0.4, -0.2) is 11.6 Å². The molecule has 0 unspecified atom stereocenters. The van der Waals surface area contributed by atoms with Crippen molar-refractivity contribution in [1.29, 1.82) is 0 Å². The van der Waals surface area contributed by atoms with Crippen LogP contribution in [0.4, 0.5) is 0 Å². The minimum Gasteiger partial charge on any atom is -0.289 e. The third kappa shape index (κ3) is 3.43. The zero-order valence-corrected chi connectivity index (χ0v) is 20.0. The number of Topliss-reactive ketones (excluding diaryl/α,β-unsaturated/α-hetero) is 2. The Bertz CT molecular complexity index is 1120. The summed E-state index contributed by atoms with van der Waals surface area (Å²) in [5.41, 5.74) is 6.61. The second kappa shape index (κ2) is 7.85. The van der Waals surface area contributed by atoms with Crippen LogP contribution in [0.5, 0.6) is 0 Å². The molecule has 0 aromatic heterocycles. The van der Waals surface area contributed by atoms with Gasteiger partial charge < -0.3 is 0 Å². The highest BCUT2D eigenvalue weighted by molar-refractivity contribution is 6.23. The Morgan fingerprint density at radius 1 is 0.562 bits per heavy atom. The molecule has 2 aliphatic rings. The van der Waals surface area contributed by atoms with E-state index in [1.165, 1.54) is 0 Å². The number of hydrogen-bond acceptors (Lipinski definition) is 2. The molecule has 0 atom stereocenters. The van der Waals surface area contributed by atoms with Gasteiger partial charge in [-0.15, -0.1) is 0 Å². The van der Waals surface area contributed by atoms with Crippen LogP contribution in [0.25, 0.3) is 11.1 Å². The maximum atomic E-state index is 13.5. The lowest BCUT2D eigenvalue weighted by molar-refractivity contribution is 0.0995. The summed E-state index contributed by atoms with van der Waals surface area (Å²) < 4.78 is 0. The normalized spacial score (nSPS) is 18.7. The van der Waals surface area contributed by atoms with Crippen LogP contribution in [0.1, 0.15) is 86.2 Å². The van der Waals surface area contributed by atoms with Crippen molar-refractivity contribution in [3.8, 4) is 0 Å². The second-order valence-corrected chi connectivity index (χ2v) is 10.2. The van der Waals surface area contributed by atoms with Crippen molar-refractivity contribution in [3.05, 3.63) is 94.1 Å². The van der Waals surface area contributed by atoms with Crippen molar-refractivity contribution < 1.29 is 9.59 Å². The number of carbonyl (C=O) groups excluding carboxylic acids is 2. The van der Waals surface area contributed by atoms with Crippen LogP contribution in [-0.2, 0) is 0 Å². The highest BCUT2D eigenvalue weighted by atomic mass is 16.1. The van der Waals surface area contributed by atoms with E-state index in [4.69, 9.17) is 0 Å². The summed E-state index contributed by atoms with van der Waals surface area (Å²) in [7, 11) is 0. The molecule has 2 aromatic carbocycles. The Labute approximate surface area is 191 Å². The van der Waals surface area contributed by atoms with Crippen molar-refractivity contribution in [2.24, 2.45) is 10.8 Å². The van der Waals surface area contributed by atoms with E-state index < -0.39 is 0 Å². The van der Waals surface area contributed by atoms with Gasteiger partial charge in [0, 0.05) is 22.3 Å². The summed E-state index contributed by atoms with van der Waals surface area (Å²) in [6.07, 6.45) is 5.91. The first-order chi connectivity index (χ1) is 15.1. The maximum absolute atomic E-state index is 13.5. The predicted octanol–water partition coefficient (Wildman–Crippen LogP) is 7.72. The fourth-order valence-electron chi connectivity index (χ4n) is 4.53. The first-order valence-corrected chi connectivity index (χ1v) is 11.6. The van der Waals surface area contributed by atoms with E-state index in [9.17, 15) is 9.59 Å². The molecular formula is C30H32O2. The van der Waals surface area contributed by atoms with E-state index in [1.54, 1.807) is 0 Å². The number of fused-ring (bicyclic) bond motifs is 2. The number of benzene rings is 2. The largest absolute Gasteiger partial charge is 0.289 e. The summed E-state index contributed by atoms with van der Waals surface area (Å²) >= 11 is 0. The van der Waals surface area contributed by atoms with Crippen molar-refractivity contribution >= 4 is 22.7 Å². The van der Waals surface area contributed by atoms with Gasteiger partial charge in [-0.1, -0.05) is 90.1 Å². The van der Waals surface area contributed by atoms with Crippen LogP contribution >= 0.6 is 0 Å².